The van der Waals surface area contributed by atoms with Gasteiger partial charge in [-0.05, 0) is 13.0 Å². The molecule has 0 atom stereocenters. The quantitative estimate of drug-likeness (QED) is 0.664. The Balaban J connectivity index is 2.15. The van der Waals surface area contributed by atoms with E-state index in [4.69, 9.17) is 4.74 Å². The Bertz CT molecular complexity index is 631. The Morgan fingerprint density at radius 2 is 2.25 bits per heavy atom. The molecule has 0 aliphatic rings. The molecule has 0 fully saturated rings. The van der Waals surface area contributed by atoms with Crippen LogP contribution < -0.4 is 10.1 Å². The fourth-order valence-corrected chi connectivity index (χ4v) is 1.73. The fourth-order valence-electron chi connectivity index (χ4n) is 1.73. The summed E-state index contributed by atoms with van der Waals surface area (Å²) in [6.45, 7) is 2.07. The topological polar surface area (TPSA) is 90.2 Å². The molecule has 2 aromatic heterocycles. The van der Waals surface area contributed by atoms with Gasteiger partial charge in [0.1, 0.15) is 5.82 Å². The number of hydrogen-bond acceptors (Lipinski definition) is 6. The van der Waals surface area contributed by atoms with Crippen molar-refractivity contribution in [2.24, 2.45) is 0 Å². The lowest BCUT2D eigenvalue weighted by Crippen LogP contribution is -2.05. The van der Waals surface area contributed by atoms with Crippen LogP contribution in [-0.2, 0) is 6.54 Å². The van der Waals surface area contributed by atoms with E-state index in [9.17, 15) is 10.1 Å². The molecule has 1 N–H and O–H groups in total. The second-order valence-corrected chi connectivity index (χ2v) is 4.14. The summed E-state index contributed by atoms with van der Waals surface area (Å²) in [5.74, 6) is 0.954. The summed E-state index contributed by atoms with van der Waals surface area (Å²) in [4.78, 5) is 18.6. The summed E-state index contributed by atoms with van der Waals surface area (Å²) in [6.07, 6.45) is 3.11. The molecule has 0 saturated heterocycles. The van der Waals surface area contributed by atoms with Crippen molar-refractivity contribution in [2.75, 3.05) is 12.4 Å². The Morgan fingerprint density at radius 1 is 1.45 bits per heavy atom. The lowest BCUT2D eigenvalue weighted by molar-refractivity contribution is -0.385. The largest absolute Gasteiger partial charge is 0.481 e. The van der Waals surface area contributed by atoms with Crippen molar-refractivity contribution in [1.29, 1.82) is 0 Å². The maximum absolute atomic E-state index is 10.9. The van der Waals surface area contributed by atoms with Crippen molar-refractivity contribution in [3.05, 3.63) is 51.8 Å². The predicted octanol–water partition coefficient (Wildman–Crippen LogP) is 2.31. The van der Waals surface area contributed by atoms with Crippen LogP contribution in [-0.4, -0.2) is 22.0 Å². The van der Waals surface area contributed by atoms with Crippen LogP contribution in [0.15, 0.2) is 30.6 Å². The van der Waals surface area contributed by atoms with Gasteiger partial charge >= 0.3 is 0 Å². The van der Waals surface area contributed by atoms with E-state index < -0.39 is 4.92 Å². The van der Waals surface area contributed by atoms with Gasteiger partial charge in [-0.1, -0.05) is 6.07 Å². The number of aromatic nitrogens is 2. The van der Waals surface area contributed by atoms with Crippen molar-refractivity contribution in [2.45, 2.75) is 13.5 Å². The van der Waals surface area contributed by atoms with Crippen LogP contribution in [0.5, 0.6) is 5.88 Å². The zero-order chi connectivity index (χ0) is 14.5. The third-order valence-electron chi connectivity index (χ3n) is 2.77. The van der Waals surface area contributed by atoms with Crippen LogP contribution in [0.3, 0.4) is 0 Å². The highest BCUT2D eigenvalue weighted by Crippen LogP contribution is 2.21. The Labute approximate surface area is 115 Å². The molecule has 0 radical (unpaired) electrons. The highest BCUT2D eigenvalue weighted by molar-refractivity contribution is 5.49. The van der Waals surface area contributed by atoms with Gasteiger partial charge in [-0.2, -0.15) is 0 Å². The molecule has 20 heavy (non-hydrogen) atoms. The Hall–Kier alpha value is -2.70. The minimum Gasteiger partial charge on any atom is -0.481 e. The third-order valence-corrected chi connectivity index (χ3v) is 2.77. The molecule has 2 rings (SSSR count). The molecule has 104 valence electrons. The first kappa shape index (κ1) is 13.7. The summed E-state index contributed by atoms with van der Waals surface area (Å²) < 4.78 is 5.14. The lowest BCUT2D eigenvalue weighted by Gasteiger charge is -2.09. The van der Waals surface area contributed by atoms with Gasteiger partial charge in [-0.25, -0.2) is 9.97 Å². The van der Waals surface area contributed by atoms with Crippen molar-refractivity contribution in [3.63, 3.8) is 0 Å². The van der Waals surface area contributed by atoms with Crippen molar-refractivity contribution >= 4 is 11.5 Å². The number of hydrogen-bond donors (Lipinski definition) is 1. The van der Waals surface area contributed by atoms with Gasteiger partial charge in [0.25, 0.3) is 5.69 Å². The van der Waals surface area contributed by atoms with Gasteiger partial charge in [-0.3, -0.25) is 10.1 Å². The van der Waals surface area contributed by atoms with Crippen LogP contribution in [0.1, 0.15) is 11.1 Å². The molecule has 0 aromatic carbocycles. The summed E-state index contributed by atoms with van der Waals surface area (Å²) in [5.41, 5.74) is 1.42. The second-order valence-electron chi connectivity index (χ2n) is 4.14. The molecule has 0 aliphatic carbocycles. The molecule has 0 bridgehead atoms. The van der Waals surface area contributed by atoms with Gasteiger partial charge in [0.05, 0.1) is 18.1 Å². The smallest absolute Gasteiger partial charge is 0.277 e. The third kappa shape index (κ3) is 3.00. The van der Waals surface area contributed by atoms with Crippen LogP contribution in [0.4, 0.5) is 11.5 Å². The number of pyridine rings is 2. The SMILES string of the molecule is COc1ncccc1CNc1cc([N+](=O)[O-])c(C)cn1. The summed E-state index contributed by atoms with van der Waals surface area (Å²) >= 11 is 0. The molecule has 0 saturated carbocycles. The number of nitrogens with zero attached hydrogens (tertiary/aromatic N) is 3. The summed E-state index contributed by atoms with van der Waals surface area (Å²) in [6, 6.07) is 5.07. The molecule has 7 heteroatoms. The Kier molecular flexibility index (Phi) is 4.09. The number of rotatable bonds is 5. The van der Waals surface area contributed by atoms with E-state index in [0.717, 1.165) is 5.56 Å². The molecular weight excluding hydrogens is 260 g/mol. The predicted molar refractivity (Wildman–Crippen MR) is 73.7 cm³/mol. The van der Waals surface area contributed by atoms with Crippen molar-refractivity contribution in [1.82, 2.24) is 9.97 Å². The van der Waals surface area contributed by atoms with Crippen LogP contribution in [0, 0.1) is 17.0 Å². The normalized spacial score (nSPS) is 10.1. The van der Waals surface area contributed by atoms with Gasteiger partial charge in [0.15, 0.2) is 0 Å². The standard InChI is InChI=1S/C13H14N4O3/c1-9-7-15-12(6-11(9)17(18)19)16-8-10-4-3-5-14-13(10)20-2/h3-7H,8H2,1-2H3,(H,15,16). The first-order valence-electron chi connectivity index (χ1n) is 5.94. The minimum atomic E-state index is -0.424. The first-order valence-corrected chi connectivity index (χ1v) is 5.94. The van der Waals surface area contributed by atoms with Gasteiger partial charge in [-0.15, -0.1) is 0 Å². The number of nitrogens with one attached hydrogen (secondary N) is 1. The monoisotopic (exact) mass is 274 g/mol. The average molecular weight is 274 g/mol. The minimum absolute atomic E-state index is 0.0423. The van der Waals surface area contributed by atoms with E-state index in [2.05, 4.69) is 15.3 Å². The number of ether oxygens (including phenoxy) is 1. The molecular formula is C13H14N4O3. The number of nitro groups is 1. The molecule has 2 heterocycles. The number of anilines is 1. The molecule has 0 spiro atoms. The molecule has 7 nitrogen and oxygen atoms in total. The van der Waals surface area contributed by atoms with Crippen LogP contribution >= 0.6 is 0 Å². The highest BCUT2D eigenvalue weighted by Gasteiger charge is 2.12. The number of methoxy groups -OCH3 is 1. The lowest BCUT2D eigenvalue weighted by atomic mass is 10.2. The Morgan fingerprint density at radius 3 is 2.95 bits per heavy atom. The molecule has 2 aromatic rings. The van der Waals surface area contributed by atoms with Crippen LogP contribution in [0.25, 0.3) is 0 Å². The summed E-state index contributed by atoms with van der Waals surface area (Å²) in [7, 11) is 1.54. The van der Waals surface area contributed by atoms with Crippen molar-refractivity contribution in [3.8, 4) is 5.88 Å². The zero-order valence-corrected chi connectivity index (χ0v) is 11.2. The van der Waals surface area contributed by atoms with Crippen molar-refractivity contribution < 1.29 is 9.66 Å². The maximum Gasteiger partial charge on any atom is 0.277 e. The van der Waals surface area contributed by atoms with E-state index in [1.807, 2.05) is 6.07 Å². The fraction of sp³-hybridized carbons (Fsp3) is 0.231. The number of aryl methyl sites for hydroxylation is 1. The molecule has 0 amide bonds. The maximum atomic E-state index is 10.9. The van der Waals surface area contributed by atoms with Gasteiger partial charge in [0.2, 0.25) is 5.88 Å². The second kappa shape index (κ2) is 5.96. The van der Waals surface area contributed by atoms with Crippen LogP contribution in [0.2, 0.25) is 0 Å². The zero-order valence-electron chi connectivity index (χ0n) is 11.2. The van der Waals surface area contributed by atoms with E-state index in [1.54, 1.807) is 26.3 Å². The van der Waals surface area contributed by atoms with E-state index in [1.165, 1.54) is 12.3 Å². The first-order chi connectivity index (χ1) is 9.61. The van der Waals surface area contributed by atoms with Gasteiger partial charge < -0.3 is 10.1 Å². The average Bonchev–Trinajstić information content (AvgIpc) is 2.46. The van der Waals surface area contributed by atoms with Gasteiger partial charge in [0, 0.05) is 30.1 Å². The summed E-state index contributed by atoms with van der Waals surface area (Å²) in [5, 5.41) is 13.9. The highest BCUT2D eigenvalue weighted by atomic mass is 16.6. The molecule has 0 aliphatic heterocycles. The van der Waals surface area contributed by atoms with E-state index in [0.29, 0.717) is 23.8 Å². The van der Waals surface area contributed by atoms with E-state index in [-0.39, 0.29) is 5.69 Å². The van der Waals surface area contributed by atoms with E-state index >= 15 is 0 Å². The molecule has 0 unspecified atom stereocenters.